The third kappa shape index (κ3) is 4.85. The van der Waals surface area contributed by atoms with E-state index < -0.39 is 5.54 Å². The lowest BCUT2D eigenvalue weighted by Crippen LogP contribution is -2.52. The maximum atomic E-state index is 12.1. The molecule has 0 spiro atoms. The molecule has 0 saturated carbocycles. The number of hydrogen-bond donors (Lipinski definition) is 1. The second-order valence-corrected chi connectivity index (χ2v) is 5.03. The average molecular weight is 279 g/mol. The number of esters is 1. The monoisotopic (exact) mass is 279 g/mol. The van der Waals surface area contributed by atoms with Crippen molar-refractivity contribution in [1.29, 1.82) is 0 Å². The van der Waals surface area contributed by atoms with Gasteiger partial charge in [-0.15, -0.1) is 0 Å². The molecule has 0 saturated heterocycles. The van der Waals surface area contributed by atoms with Gasteiger partial charge in [0.15, 0.2) is 0 Å². The molecule has 0 aliphatic heterocycles. The Morgan fingerprint density at radius 2 is 1.95 bits per heavy atom. The summed E-state index contributed by atoms with van der Waals surface area (Å²) in [5.74, 6) is 0.577. The number of ether oxygens (including phenoxy) is 2. The minimum Gasteiger partial charge on any atom is -0.491 e. The van der Waals surface area contributed by atoms with E-state index in [1.165, 1.54) is 0 Å². The summed E-state index contributed by atoms with van der Waals surface area (Å²) in [6.07, 6.45) is 0.458. The van der Waals surface area contributed by atoms with Crippen LogP contribution in [0.5, 0.6) is 5.75 Å². The predicted octanol–water partition coefficient (Wildman–Crippen LogP) is 2.78. The molecule has 2 unspecified atom stereocenters. The summed E-state index contributed by atoms with van der Waals surface area (Å²) in [5, 5.41) is 3.21. The van der Waals surface area contributed by atoms with Crippen LogP contribution in [-0.2, 0) is 9.53 Å². The van der Waals surface area contributed by atoms with Crippen LogP contribution in [0.15, 0.2) is 30.3 Å². The third-order valence-corrected chi connectivity index (χ3v) is 3.07. The van der Waals surface area contributed by atoms with Crippen LogP contribution in [0, 0.1) is 0 Å². The molecule has 0 heterocycles. The minimum absolute atomic E-state index is 0.0918. The van der Waals surface area contributed by atoms with E-state index in [0.29, 0.717) is 19.6 Å². The van der Waals surface area contributed by atoms with Gasteiger partial charge in [-0.3, -0.25) is 4.79 Å². The normalized spacial score (nSPS) is 15.2. The van der Waals surface area contributed by atoms with Gasteiger partial charge in [-0.05, 0) is 39.4 Å². The van der Waals surface area contributed by atoms with E-state index >= 15 is 0 Å². The van der Waals surface area contributed by atoms with Gasteiger partial charge >= 0.3 is 5.97 Å². The average Bonchev–Trinajstić information content (AvgIpc) is 2.40. The number of rotatable bonds is 8. The van der Waals surface area contributed by atoms with Crippen LogP contribution in [0.4, 0.5) is 0 Å². The van der Waals surface area contributed by atoms with E-state index in [-0.39, 0.29) is 12.1 Å². The molecule has 0 amide bonds. The van der Waals surface area contributed by atoms with E-state index in [4.69, 9.17) is 9.47 Å². The molecule has 1 N–H and O–H groups in total. The Kier molecular flexibility index (Phi) is 6.52. The molecule has 112 valence electrons. The van der Waals surface area contributed by atoms with Gasteiger partial charge in [0.25, 0.3) is 0 Å². The molecule has 20 heavy (non-hydrogen) atoms. The smallest absolute Gasteiger partial charge is 0.326 e. The fourth-order valence-electron chi connectivity index (χ4n) is 2.26. The second-order valence-electron chi connectivity index (χ2n) is 5.03. The number of benzene rings is 1. The molecule has 4 heteroatoms. The zero-order valence-corrected chi connectivity index (χ0v) is 12.8. The fraction of sp³-hybridized carbons (Fsp3) is 0.562. The van der Waals surface area contributed by atoms with Crippen molar-refractivity contribution in [2.24, 2.45) is 0 Å². The van der Waals surface area contributed by atoms with Gasteiger partial charge in [0.05, 0.1) is 12.7 Å². The summed E-state index contributed by atoms with van der Waals surface area (Å²) in [6, 6.07) is 9.61. The Labute approximate surface area is 121 Å². The molecule has 0 bridgehead atoms. The van der Waals surface area contributed by atoms with Crippen LogP contribution < -0.4 is 10.1 Å². The summed E-state index contributed by atoms with van der Waals surface area (Å²) >= 11 is 0. The van der Waals surface area contributed by atoms with Crippen LogP contribution in [0.3, 0.4) is 0 Å². The third-order valence-electron chi connectivity index (χ3n) is 3.07. The molecule has 0 aliphatic carbocycles. The molecule has 0 aliphatic rings. The molecule has 1 rings (SSSR count). The van der Waals surface area contributed by atoms with E-state index in [2.05, 4.69) is 5.32 Å². The Morgan fingerprint density at radius 1 is 1.30 bits per heavy atom. The zero-order chi connectivity index (χ0) is 15.0. The zero-order valence-electron chi connectivity index (χ0n) is 12.8. The molecule has 0 aromatic heterocycles. The maximum absolute atomic E-state index is 12.1. The summed E-state index contributed by atoms with van der Waals surface area (Å²) in [7, 11) is 0. The largest absolute Gasteiger partial charge is 0.491 e. The van der Waals surface area contributed by atoms with Crippen LogP contribution in [0.2, 0.25) is 0 Å². The van der Waals surface area contributed by atoms with E-state index in [1.54, 1.807) is 0 Å². The van der Waals surface area contributed by atoms with Gasteiger partial charge in [-0.2, -0.15) is 0 Å². The van der Waals surface area contributed by atoms with Crippen molar-refractivity contribution >= 4 is 5.97 Å². The second kappa shape index (κ2) is 7.90. The summed E-state index contributed by atoms with van der Waals surface area (Å²) in [4.78, 5) is 12.1. The van der Waals surface area contributed by atoms with E-state index in [1.807, 2.05) is 58.0 Å². The lowest BCUT2D eigenvalue weighted by atomic mass is 9.94. The molecule has 1 aromatic carbocycles. The number of para-hydroxylation sites is 1. The van der Waals surface area contributed by atoms with E-state index in [0.717, 1.165) is 5.75 Å². The highest BCUT2D eigenvalue weighted by molar-refractivity contribution is 5.80. The number of hydrogen-bond acceptors (Lipinski definition) is 4. The van der Waals surface area contributed by atoms with Gasteiger partial charge in [0, 0.05) is 6.42 Å². The maximum Gasteiger partial charge on any atom is 0.326 e. The Balaban J connectivity index is 2.67. The number of carbonyl (C=O) groups is 1. The Morgan fingerprint density at radius 3 is 2.50 bits per heavy atom. The highest BCUT2D eigenvalue weighted by Crippen LogP contribution is 2.19. The van der Waals surface area contributed by atoms with Gasteiger partial charge in [0.1, 0.15) is 11.3 Å². The highest BCUT2D eigenvalue weighted by atomic mass is 16.5. The minimum atomic E-state index is -0.723. The standard InChI is InChI=1S/C16H25NO3/c1-5-17-16(4,15(18)19-6-2)12-13(3)20-14-10-8-7-9-11-14/h7-11,13,17H,5-6,12H2,1-4H3. The first-order valence-corrected chi connectivity index (χ1v) is 7.15. The van der Waals surface area contributed by atoms with Gasteiger partial charge in [-0.1, -0.05) is 25.1 Å². The van der Waals surface area contributed by atoms with Crippen molar-refractivity contribution < 1.29 is 14.3 Å². The lowest BCUT2D eigenvalue weighted by Gasteiger charge is -2.30. The first-order chi connectivity index (χ1) is 9.51. The SMILES string of the molecule is CCNC(C)(CC(C)Oc1ccccc1)C(=O)OCC. The highest BCUT2D eigenvalue weighted by Gasteiger charge is 2.36. The topological polar surface area (TPSA) is 47.6 Å². The molecule has 2 atom stereocenters. The quantitative estimate of drug-likeness (QED) is 0.743. The first-order valence-electron chi connectivity index (χ1n) is 7.15. The summed E-state index contributed by atoms with van der Waals surface area (Å²) in [6.45, 7) is 8.69. The van der Waals surface area contributed by atoms with Crippen LogP contribution >= 0.6 is 0 Å². The van der Waals surface area contributed by atoms with Gasteiger partial charge < -0.3 is 14.8 Å². The Hall–Kier alpha value is -1.55. The predicted molar refractivity (Wildman–Crippen MR) is 79.9 cm³/mol. The number of carbonyl (C=O) groups excluding carboxylic acids is 1. The van der Waals surface area contributed by atoms with Gasteiger partial charge in [-0.25, -0.2) is 0 Å². The molecule has 1 aromatic rings. The van der Waals surface area contributed by atoms with E-state index in [9.17, 15) is 4.79 Å². The Bertz CT molecular complexity index is 407. The van der Waals surface area contributed by atoms with Crippen molar-refractivity contribution in [3.63, 3.8) is 0 Å². The molecule has 0 radical (unpaired) electrons. The van der Waals surface area contributed by atoms with Crippen LogP contribution in [0.1, 0.15) is 34.1 Å². The number of likely N-dealkylation sites (N-methyl/N-ethyl adjacent to an activating group) is 1. The van der Waals surface area contributed by atoms with Crippen molar-refractivity contribution in [3.8, 4) is 5.75 Å². The lowest BCUT2D eigenvalue weighted by molar-refractivity contribution is -0.151. The van der Waals surface area contributed by atoms with Gasteiger partial charge in [0.2, 0.25) is 0 Å². The van der Waals surface area contributed by atoms with Crippen molar-refractivity contribution in [2.75, 3.05) is 13.2 Å². The van der Waals surface area contributed by atoms with Crippen molar-refractivity contribution in [1.82, 2.24) is 5.32 Å². The molecular weight excluding hydrogens is 254 g/mol. The van der Waals surface area contributed by atoms with Crippen LogP contribution in [-0.4, -0.2) is 30.8 Å². The summed E-state index contributed by atoms with van der Waals surface area (Å²) < 4.78 is 11.0. The molecule has 0 fully saturated rings. The first kappa shape index (κ1) is 16.5. The molecule has 4 nitrogen and oxygen atoms in total. The van der Waals surface area contributed by atoms with Crippen LogP contribution in [0.25, 0.3) is 0 Å². The van der Waals surface area contributed by atoms with Crippen molar-refractivity contribution in [3.05, 3.63) is 30.3 Å². The fourth-order valence-corrected chi connectivity index (χ4v) is 2.26. The summed E-state index contributed by atoms with van der Waals surface area (Å²) in [5.41, 5.74) is -0.723. The molecular formula is C16H25NO3. The number of nitrogens with one attached hydrogen (secondary N) is 1. The van der Waals surface area contributed by atoms with Crippen molar-refractivity contribution in [2.45, 2.75) is 45.8 Å².